The Morgan fingerprint density at radius 1 is 1.36 bits per heavy atom. The van der Waals surface area contributed by atoms with Gasteiger partial charge in [-0.3, -0.25) is 4.79 Å². The van der Waals surface area contributed by atoms with Crippen molar-refractivity contribution in [3.05, 3.63) is 35.9 Å². The number of halogens is 4. The number of nitrogens with two attached hydrogens (primary N) is 1. The van der Waals surface area contributed by atoms with Crippen molar-refractivity contribution in [3.63, 3.8) is 0 Å². The van der Waals surface area contributed by atoms with E-state index in [0.717, 1.165) is 5.75 Å². The van der Waals surface area contributed by atoms with Crippen LogP contribution in [0.4, 0.5) is 13.2 Å². The number of hydrogen-bond acceptors (Lipinski definition) is 5. The number of thioether (sulfide) groups is 1. The fourth-order valence-electron chi connectivity index (χ4n) is 1.17. The quantitative estimate of drug-likeness (QED) is 0.277. The van der Waals surface area contributed by atoms with Crippen LogP contribution in [0.1, 0.15) is 5.56 Å². The minimum atomic E-state index is -5.08. The summed E-state index contributed by atoms with van der Waals surface area (Å²) in [5, 5.41) is 7.12. The summed E-state index contributed by atoms with van der Waals surface area (Å²) in [6, 6.07) is 9.38. The van der Waals surface area contributed by atoms with Gasteiger partial charge in [0.25, 0.3) is 0 Å². The number of esters is 1. The fraction of sp³-hybridized carbons (Fsp3) is 0.333. The molecule has 1 aromatic rings. The molecule has 0 heterocycles. The highest BCUT2D eigenvalue weighted by Crippen LogP contribution is 2.14. The summed E-state index contributed by atoms with van der Waals surface area (Å²) >= 11 is 3.46. The number of terminal acetylenes is 1. The molecule has 0 saturated heterocycles. The van der Waals surface area contributed by atoms with Crippen LogP contribution >= 0.6 is 34.4 Å². The van der Waals surface area contributed by atoms with E-state index in [1.807, 2.05) is 52.9 Å². The largest absolute Gasteiger partial charge is 0.490 e. The van der Waals surface area contributed by atoms with Crippen molar-refractivity contribution in [1.82, 2.24) is 0 Å². The van der Waals surface area contributed by atoms with Gasteiger partial charge in [-0.2, -0.15) is 24.9 Å². The molecule has 0 radical (unpaired) electrons. The first-order valence-corrected chi connectivity index (χ1v) is 8.96. The molecule has 0 spiro atoms. The lowest BCUT2D eigenvalue weighted by Crippen LogP contribution is -2.35. The molecule has 138 valence electrons. The van der Waals surface area contributed by atoms with Crippen LogP contribution in [0.2, 0.25) is 0 Å². The molecule has 0 bridgehead atoms. The Labute approximate surface area is 160 Å². The highest BCUT2D eigenvalue weighted by Gasteiger charge is 2.38. The van der Waals surface area contributed by atoms with Gasteiger partial charge in [-0.15, -0.1) is 6.42 Å². The van der Waals surface area contributed by atoms with Gasteiger partial charge >= 0.3 is 18.1 Å². The van der Waals surface area contributed by atoms with Crippen molar-refractivity contribution >= 4 is 46.3 Å². The minimum absolute atomic E-state index is 0.451. The molecule has 25 heavy (non-hydrogen) atoms. The maximum atomic E-state index is 11.5. The topological polar surface area (TPSA) is 89.6 Å². The number of aliphatic carboxylic acids is 1. The zero-order chi connectivity index (χ0) is 19.5. The highest BCUT2D eigenvalue weighted by atomic mass is 127. The lowest BCUT2D eigenvalue weighted by molar-refractivity contribution is -0.192. The molecule has 1 unspecified atom stereocenters. The van der Waals surface area contributed by atoms with Gasteiger partial charge in [-0.05, 0) is 28.2 Å². The Kier molecular flexibility index (Phi) is 11.3. The van der Waals surface area contributed by atoms with E-state index >= 15 is 0 Å². The summed E-state index contributed by atoms with van der Waals surface area (Å²) in [5.74, 6) is 0.446. The van der Waals surface area contributed by atoms with Crippen LogP contribution in [0.15, 0.2) is 30.3 Å². The molecule has 0 aromatic heterocycles. The first-order chi connectivity index (χ1) is 11.6. The van der Waals surface area contributed by atoms with E-state index in [1.54, 1.807) is 11.8 Å². The van der Waals surface area contributed by atoms with Crippen molar-refractivity contribution in [3.8, 4) is 12.3 Å². The summed E-state index contributed by atoms with van der Waals surface area (Å²) in [4.78, 5) is 20.4. The van der Waals surface area contributed by atoms with Crippen molar-refractivity contribution in [1.29, 1.82) is 0 Å². The summed E-state index contributed by atoms with van der Waals surface area (Å²) in [6.45, 7) is 0. The molecule has 1 aromatic carbocycles. The number of rotatable bonds is 6. The average Bonchev–Trinajstić information content (AvgIpc) is 2.55. The molecular formula is C15H15F3INO4S. The van der Waals surface area contributed by atoms with E-state index in [1.165, 1.54) is 5.56 Å². The highest BCUT2D eigenvalue weighted by molar-refractivity contribution is 14.1. The third-order valence-electron chi connectivity index (χ3n) is 2.30. The van der Waals surface area contributed by atoms with Gasteiger partial charge in [-0.1, -0.05) is 36.3 Å². The second-order valence-corrected chi connectivity index (χ2v) is 6.49. The first-order valence-electron chi connectivity index (χ1n) is 6.56. The van der Waals surface area contributed by atoms with Gasteiger partial charge in [-0.25, -0.2) is 4.79 Å². The van der Waals surface area contributed by atoms with Crippen molar-refractivity contribution in [2.45, 2.75) is 22.1 Å². The molecule has 5 nitrogen and oxygen atoms in total. The zero-order valence-electron chi connectivity index (χ0n) is 12.7. The minimum Gasteiger partial charge on any atom is -0.475 e. The molecule has 1 rings (SSSR count). The number of alkyl halides is 4. The summed E-state index contributed by atoms with van der Waals surface area (Å²) in [7, 11) is 0. The van der Waals surface area contributed by atoms with Crippen LogP contribution < -0.4 is 5.73 Å². The van der Waals surface area contributed by atoms with Crippen LogP contribution in [0.25, 0.3) is 0 Å². The molecule has 0 amide bonds. The number of carboxylic acids is 1. The van der Waals surface area contributed by atoms with Crippen molar-refractivity contribution in [2.24, 2.45) is 5.73 Å². The number of carbonyl (C=O) groups excluding carboxylic acids is 1. The lowest BCUT2D eigenvalue weighted by atomic mass is 10.2. The monoisotopic (exact) mass is 489 g/mol. The van der Waals surface area contributed by atoms with Crippen molar-refractivity contribution in [2.75, 3.05) is 5.75 Å². The maximum absolute atomic E-state index is 11.5. The van der Waals surface area contributed by atoms with E-state index < -0.39 is 28.3 Å². The Morgan fingerprint density at radius 3 is 2.32 bits per heavy atom. The van der Waals surface area contributed by atoms with E-state index in [-0.39, 0.29) is 0 Å². The second-order valence-electron chi connectivity index (χ2n) is 4.33. The number of hydrogen-bond donors (Lipinski definition) is 2. The predicted octanol–water partition coefficient (Wildman–Crippen LogP) is 2.82. The fourth-order valence-corrected chi connectivity index (χ4v) is 2.36. The Bertz CT molecular complexity index is 593. The van der Waals surface area contributed by atoms with Gasteiger partial charge in [0, 0.05) is 11.5 Å². The van der Waals surface area contributed by atoms with E-state index in [0.29, 0.717) is 5.75 Å². The third-order valence-corrected chi connectivity index (χ3v) is 4.05. The SMILES string of the molecule is C#CC(I)OC(=O)[C@@H](N)CSCc1ccccc1.O=C(O)C(F)(F)F. The normalized spacial score (nSPS) is 12.8. The van der Waals surface area contributed by atoms with Gasteiger partial charge in [0.1, 0.15) is 6.04 Å². The number of benzene rings is 1. The zero-order valence-corrected chi connectivity index (χ0v) is 15.7. The van der Waals surface area contributed by atoms with E-state index in [9.17, 15) is 18.0 Å². The van der Waals surface area contributed by atoms with Crippen LogP contribution in [-0.4, -0.2) is 39.1 Å². The second kappa shape index (κ2) is 12.0. The first kappa shape index (κ1) is 23.5. The standard InChI is InChI=1S/C13H14INO2S.C2HF3O2/c1-2-12(14)17-13(16)11(15)9-18-8-10-6-4-3-5-7-10;3-2(4,5)1(6)7/h1,3-7,11-12H,8-9,15H2;(H,6,7)/t11-,12?;/m0./s1. The molecule has 0 aliphatic rings. The molecule has 3 N–H and O–H groups in total. The number of carbonyl (C=O) groups is 2. The Morgan fingerprint density at radius 2 is 1.88 bits per heavy atom. The molecule has 10 heteroatoms. The van der Waals surface area contributed by atoms with Crippen molar-refractivity contribution < 1.29 is 32.6 Å². The van der Waals surface area contributed by atoms with Crippen LogP contribution in [0, 0.1) is 12.3 Å². The summed E-state index contributed by atoms with van der Waals surface area (Å²) < 4.78 is 36.1. The smallest absolute Gasteiger partial charge is 0.475 e. The maximum Gasteiger partial charge on any atom is 0.490 e. The molecule has 0 aliphatic carbocycles. The van der Waals surface area contributed by atoms with Crippen LogP contribution in [0.3, 0.4) is 0 Å². The molecular weight excluding hydrogens is 474 g/mol. The van der Waals surface area contributed by atoms with Crippen LogP contribution in [-0.2, 0) is 20.1 Å². The van der Waals surface area contributed by atoms with Gasteiger partial charge in [0.2, 0.25) is 4.11 Å². The van der Waals surface area contributed by atoms with Gasteiger partial charge in [0.05, 0.1) is 0 Å². The predicted molar refractivity (Wildman–Crippen MR) is 97.0 cm³/mol. The summed E-state index contributed by atoms with van der Waals surface area (Å²) in [6.07, 6.45) is 0.0325. The van der Waals surface area contributed by atoms with Gasteiger partial charge in [0.15, 0.2) is 0 Å². The van der Waals surface area contributed by atoms with Crippen LogP contribution in [0.5, 0.6) is 0 Å². The molecule has 0 fully saturated rings. The molecule has 2 atom stereocenters. The van der Waals surface area contributed by atoms with E-state index in [2.05, 4.69) is 5.92 Å². The molecule has 0 aliphatic heterocycles. The van der Waals surface area contributed by atoms with E-state index in [4.69, 9.17) is 26.8 Å². The average molecular weight is 489 g/mol. The Balaban J connectivity index is 0.000000697. The lowest BCUT2D eigenvalue weighted by Gasteiger charge is -2.12. The number of ether oxygens (including phenoxy) is 1. The molecule has 0 saturated carbocycles. The summed E-state index contributed by atoms with van der Waals surface area (Å²) in [5.41, 5.74) is 6.92. The Hall–Kier alpha value is -1.45. The third kappa shape index (κ3) is 11.7. The van der Waals surface area contributed by atoms with Gasteiger partial charge < -0.3 is 15.6 Å². The number of carboxylic acid groups (broad SMARTS) is 1.